The van der Waals surface area contributed by atoms with Gasteiger partial charge in [-0.05, 0) is 46.1 Å². The summed E-state index contributed by atoms with van der Waals surface area (Å²) in [6.45, 7) is 7.54. The van der Waals surface area contributed by atoms with Crippen LogP contribution in [0.1, 0.15) is 40.0 Å². The van der Waals surface area contributed by atoms with Crippen molar-refractivity contribution in [3.05, 3.63) is 34.6 Å². The molecule has 1 fully saturated rings. The van der Waals surface area contributed by atoms with Crippen LogP contribution in [0.15, 0.2) is 29.1 Å². The largest absolute Gasteiger partial charge is 0.444 e. The number of hydrogen-bond donors (Lipinski definition) is 1. The minimum atomic E-state index is -0.510. The number of fused-ring (bicyclic) bond motifs is 1. The standard InChI is InChI=1S/C21H29ClN4O3/c1-21(2,3)29-20(28)23-15-9-13-25(14-10-15)18-16-7-4-5-8-17(16)19(27)26(24-18)12-6-11-22/h4-5,7-8,15H,6,9-14H2,1-3H3,(H,23,28). The summed E-state index contributed by atoms with van der Waals surface area (Å²) in [4.78, 5) is 26.9. The van der Waals surface area contributed by atoms with Crippen molar-refractivity contribution in [2.45, 2.75) is 58.2 Å². The Labute approximate surface area is 176 Å². The molecule has 0 aliphatic carbocycles. The van der Waals surface area contributed by atoms with Crippen LogP contribution in [0.25, 0.3) is 10.8 Å². The van der Waals surface area contributed by atoms with Gasteiger partial charge in [-0.15, -0.1) is 11.6 Å². The highest BCUT2D eigenvalue weighted by Crippen LogP contribution is 2.25. The van der Waals surface area contributed by atoms with E-state index < -0.39 is 5.60 Å². The van der Waals surface area contributed by atoms with Crippen molar-refractivity contribution in [3.63, 3.8) is 0 Å². The molecule has 1 N–H and O–H groups in total. The third-order valence-corrected chi connectivity index (χ3v) is 5.13. The molecule has 1 amide bonds. The highest BCUT2D eigenvalue weighted by molar-refractivity contribution is 6.17. The Balaban J connectivity index is 1.75. The summed E-state index contributed by atoms with van der Waals surface area (Å²) in [5, 5.41) is 9.14. The molecule has 2 aromatic rings. The monoisotopic (exact) mass is 420 g/mol. The molecular weight excluding hydrogens is 392 g/mol. The quantitative estimate of drug-likeness (QED) is 0.749. The molecule has 29 heavy (non-hydrogen) atoms. The van der Waals surface area contributed by atoms with Crippen molar-refractivity contribution in [2.24, 2.45) is 0 Å². The molecule has 1 aliphatic heterocycles. The maximum atomic E-state index is 12.7. The van der Waals surface area contributed by atoms with Crippen molar-refractivity contribution < 1.29 is 9.53 Å². The van der Waals surface area contributed by atoms with E-state index in [0.717, 1.165) is 37.1 Å². The van der Waals surface area contributed by atoms with Gasteiger partial charge in [-0.1, -0.05) is 18.2 Å². The maximum Gasteiger partial charge on any atom is 0.407 e. The fourth-order valence-corrected chi connectivity index (χ4v) is 3.64. The van der Waals surface area contributed by atoms with E-state index in [-0.39, 0.29) is 17.7 Å². The average Bonchev–Trinajstić information content (AvgIpc) is 2.67. The van der Waals surface area contributed by atoms with Gasteiger partial charge in [0.1, 0.15) is 5.60 Å². The topological polar surface area (TPSA) is 76.5 Å². The lowest BCUT2D eigenvalue weighted by molar-refractivity contribution is 0.0497. The predicted octanol–water partition coefficient (Wildman–Crippen LogP) is 3.52. The number of carbonyl (C=O) groups is 1. The maximum absolute atomic E-state index is 12.7. The summed E-state index contributed by atoms with van der Waals surface area (Å²) in [6, 6.07) is 7.64. The van der Waals surface area contributed by atoms with E-state index in [9.17, 15) is 9.59 Å². The highest BCUT2D eigenvalue weighted by Gasteiger charge is 2.25. The van der Waals surface area contributed by atoms with Gasteiger partial charge in [-0.2, -0.15) is 5.10 Å². The number of anilines is 1. The normalized spacial score (nSPS) is 15.5. The predicted molar refractivity (Wildman–Crippen MR) is 116 cm³/mol. The number of nitrogens with zero attached hydrogens (tertiary/aromatic N) is 3. The number of piperidine rings is 1. The number of alkyl halides is 1. The average molecular weight is 421 g/mol. The first kappa shape index (κ1) is 21.4. The lowest BCUT2D eigenvalue weighted by Gasteiger charge is -2.34. The molecule has 1 aromatic carbocycles. The first-order chi connectivity index (χ1) is 13.8. The van der Waals surface area contributed by atoms with Crippen molar-refractivity contribution >= 4 is 34.3 Å². The lowest BCUT2D eigenvalue weighted by atomic mass is 10.0. The number of ether oxygens (including phenoxy) is 1. The van der Waals surface area contributed by atoms with Crippen LogP contribution in [0.3, 0.4) is 0 Å². The number of alkyl carbamates (subject to hydrolysis) is 1. The van der Waals surface area contributed by atoms with E-state index in [1.165, 1.54) is 4.68 Å². The number of hydrogen-bond acceptors (Lipinski definition) is 5. The van der Waals surface area contributed by atoms with Gasteiger partial charge in [0.25, 0.3) is 5.56 Å². The van der Waals surface area contributed by atoms with Gasteiger partial charge >= 0.3 is 6.09 Å². The zero-order chi connectivity index (χ0) is 21.0. The van der Waals surface area contributed by atoms with Gasteiger partial charge < -0.3 is 15.0 Å². The molecule has 0 spiro atoms. The minimum absolute atomic E-state index is 0.0644. The molecule has 0 bridgehead atoms. The molecular formula is C21H29ClN4O3. The summed E-state index contributed by atoms with van der Waals surface area (Å²) in [5.41, 5.74) is -0.597. The number of rotatable bonds is 5. The molecule has 7 nitrogen and oxygen atoms in total. The Hall–Kier alpha value is -2.28. The third kappa shape index (κ3) is 5.41. The van der Waals surface area contributed by atoms with Gasteiger partial charge in [0, 0.05) is 36.9 Å². The van der Waals surface area contributed by atoms with Crippen molar-refractivity contribution in [1.82, 2.24) is 15.1 Å². The van der Waals surface area contributed by atoms with E-state index in [1.807, 2.05) is 45.0 Å². The van der Waals surface area contributed by atoms with Crippen LogP contribution in [-0.4, -0.2) is 46.5 Å². The molecule has 0 unspecified atom stereocenters. The van der Waals surface area contributed by atoms with Gasteiger partial charge in [0.2, 0.25) is 0 Å². The zero-order valence-corrected chi connectivity index (χ0v) is 18.0. The molecule has 0 saturated carbocycles. The van der Waals surface area contributed by atoms with Crippen LogP contribution in [0.2, 0.25) is 0 Å². The Morgan fingerprint density at radius 2 is 1.90 bits per heavy atom. The van der Waals surface area contributed by atoms with E-state index in [1.54, 1.807) is 0 Å². The summed E-state index contributed by atoms with van der Waals surface area (Å²) >= 11 is 5.81. The molecule has 1 aromatic heterocycles. The van der Waals surface area contributed by atoms with Crippen LogP contribution >= 0.6 is 11.6 Å². The fraction of sp³-hybridized carbons (Fsp3) is 0.571. The van der Waals surface area contributed by atoms with Crippen LogP contribution in [0, 0.1) is 0 Å². The molecule has 158 valence electrons. The molecule has 1 aliphatic rings. The van der Waals surface area contributed by atoms with Crippen LogP contribution in [-0.2, 0) is 11.3 Å². The summed E-state index contributed by atoms with van der Waals surface area (Å²) < 4.78 is 6.87. The van der Waals surface area contributed by atoms with E-state index in [2.05, 4.69) is 15.3 Å². The van der Waals surface area contributed by atoms with E-state index in [4.69, 9.17) is 16.3 Å². The highest BCUT2D eigenvalue weighted by atomic mass is 35.5. The summed E-state index contributed by atoms with van der Waals surface area (Å²) in [6.07, 6.45) is 1.88. The van der Waals surface area contributed by atoms with Crippen LogP contribution < -0.4 is 15.8 Å². The fourth-order valence-electron chi connectivity index (χ4n) is 3.52. The van der Waals surface area contributed by atoms with Gasteiger partial charge in [-0.3, -0.25) is 4.79 Å². The smallest absolute Gasteiger partial charge is 0.407 e. The van der Waals surface area contributed by atoms with Crippen molar-refractivity contribution in [1.29, 1.82) is 0 Å². The number of halogens is 1. The Kier molecular flexibility index (Phi) is 6.67. The van der Waals surface area contributed by atoms with Gasteiger partial charge in [0.15, 0.2) is 5.82 Å². The summed E-state index contributed by atoms with van der Waals surface area (Å²) in [7, 11) is 0. The molecule has 3 rings (SSSR count). The van der Waals surface area contributed by atoms with E-state index in [0.29, 0.717) is 24.2 Å². The van der Waals surface area contributed by atoms with E-state index >= 15 is 0 Å². The molecule has 2 heterocycles. The molecule has 0 atom stereocenters. The SMILES string of the molecule is CC(C)(C)OC(=O)NC1CCN(c2nn(CCCCl)c(=O)c3ccccc23)CC1. The van der Waals surface area contributed by atoms with Crippen molar-refractivity contribution in [2.75, 3.05) is 23.9 Å². The molecule has 8 heteroatoms. The van der Waals surface area contributed by atoms with Crippen molar-refractivity contribution in [3.8, 4) is 0 Å². The third-order valence-electron chi connectivity index (χ3n) is 4.87. The number of aromatic nitrogens is 2. The lowest BCUT2D eigenvalue weighted by Crippen LogP contribution is -2.46. The Morgan fingerprint density at radius 3 is 2.52 bits per heavy atom. The van der Waals surface area contributed by atoms with Gasteiger partial charge in [-0.25, -0.2) is 9.48 Å². The Bertz CT molecular complexity index is 914. The zero-order valence-electron chi connectivity index (χ0n) is 17.3. The first-order valence-electron chi connectivity index (χ1n) is 10.1. The summed E-state index contributed by atoms with van der Waals surface area (Å²) in [5.74, 6) is 1.29. The number of nitrogens with one attached hydrogen (secondary N) is 1. The van der Waals surface area contributed by atoms with Gasteiger partial charge in [0.05, 0.1) is 5.39 Å². The van der Waals surface area contributed by atoms with Crippen LogP contribution in [0.5, 0.6) is 0 Å². The minimum Gasteiger partial charge on any atom is -0.444 e. The second-order valence-corrected chi connectivity index (χ2v) is 8.73. The first-order valence-corrected chi connectivity index (χ1v) is 10.6. The molecule has 0 radical (unpaired) electrons. The van der Waals surface area contributed by atoms with Crippen LogP contribution in [0.4, 0.5) is 10.6 Å². The second-order valence-electron chi connectivity index (χ2n) is 8.35. The Morgan fingerprint density at radius 1 is 1.24 bits per heavy atom. The second kappa shape index (κ2) is 9.03. The number of carbonyl (C=O) groups excluding carboxylic acids is 1. The number of aryl methyl sites for hydroxylation is 1. The number of amides is 1. The number of benzene rings is 1. The molecule has 1 saturated heterocycles.